The minimum absolute atomic E-state index is 0.764. The van der Waals surface area contributed by atoms with Crippen LogP contribution in [0.2, 0.25) is 0 Å². The Morgan fingerprint density at radius 2 is 1.81 bits per heavy atom. The monoisotopic (exact) mass is 291 g/mol. The van der Waals surface area contributed by atoms with E-state index in [1.807, 2.05) is 12.4 Å². The second-order valence-electron chi connectivity index (χ2n) is 4.85. The van der Waals surface area contributed by atoms with E-state index < -0.39 is 0 Å². The predicted octanol–water partition coefficient (Wildman–Crippen LogP) is 4.55. The summed E-state index contributed by atoms with van der Waals surface area (Å²) in [4.78, 5) is 10.4. The van der Waals surface area contributed by atoms with Crippen molar-refractivity contribution in [3.8, 4) is 11.4 Å². The first-order valence-corrected chi connectivity index (χ1v) is 7.65. The van der Waals surface area contributed by atoms with Crippen molar-refractivity contribution in [1.82, 2.24) is 9.97 Å². The third-order valence-electron chi connectivity index (χ3n) is 3.57. The summed E-state index contributed by atoms with van der Waals surface area (Å²) >= 11 is 1.64. The fourth-order valence-corrected chi connectivity index (χ4v) is 3.27. The van der Waals surface area contributed by atoms with E-state index in [1.54, 1.807) is 11.3 Å². The van der Waals surface area contributed by atoms with Gasteiger partial charge in [-0.3, -0.25) is 0 Å². The molecule has 4 aromatic rings. The third-order valence-corrected chi connectivity index (χ3v) is 4.38. The molecule has 0 aliphatic carbocycles. The van der Waals surface area contributed by atoms with Crippen LogP contribution in [0.15, 0.2) is 53.9 Å². The van der Waals surface area contributed by atoms with Gasteiger partial charge in [0.25, 0.3) is 0 Å². The number of aromatic nitrogens is 2. The third kappa shape index (κ3) is 2.04. The van der Waals surface area contributed by atoms with E-state index >= 15 is 0 Å². The number of nitrogens with zero attached hydrogens (tertiary/aromatic N) is 2. The first-order chi connectivity index (χ1) is 10.3. The normalized spacial score (nSPS) is 11.1. The number of hydrogen-bond acceptors (Lipinski definition) is 4. The second-order valence-corrected chi connectivity index (χ2v) is 5.74. The Bertz CT molecular complexity index is 943. The Balaban J connectivity index is 1.94. The zero-order valence-corrected chi connectivity index (χ0v) is 12.3. The van der Waals surface area contributed by atoms with Gasteiger partial charge in [0, 0.05) is 12.6 Å². The maximum atomic E-state index is 4.69. The van der Waals surface area contributed by atoms with Gasteiger partial charge in [0.05, 0.1) is 5.39 Å². The molecule has 0 fully saturated rings. The van der Waals surface area contributed by atoms with Crippen molar-refractivity contribution in [2.75, 3.05) is 12.4 Å². The van der Waals surface area contributed by atoms with Gasteiger partial charge >= 0.3 is 0 Å². The van der Waals surface area contributed by atoms with Gasteiger partial charge in [-0.15, -0.1) is 11.3 Å². The van der Waals surface area contributed by atoms with Gasteiger partial charge in [-0.2, -0.15) is 0 Å². The van der Waals surface area contributed by atoms with Crippen molar-refractivity contribution < 1.29 is 0 Å². The van der Waals surface area contributed by atoms with Gasteiger partial charge in [0.1, 0.15) is 10.6 Å². The molecule has 3 nitrogen and oxygen atoms in total. The smallest absolute Gasteiger partial charge is 0.163 e. The fourth-order valence-electron chi connectivity index (χ4n) is 2.50. The quantitative estimate of drug-likeness (QED) is 0.588. The Morgan fingerprint density at radius 3 is 2.67 bits per heavy atom. The van der Waals surface area contributed by atoms with Crippen LogP contribution in [0.3, 0.4) is 0 Å². The van der Waals surface area contributed by atoms with Crippen LogP contribution in [0.1, 0.15) is 0 Å². The second kappa shape index (κ2) is 4.82. The topological polar surface area (TPSA) is 37.8 Å². The summed E-state index contributed by atoms with van der Waals surface area (Å²) in [5.41, 5.74) is 1.04. The number of benzene rings is 2. The zero-order chi connectivity index (χ0) is 14.2. The van der Waals surface area contributed by atoms with Crippen molar-refractivity contribution in [2.45, 2.75) is 0 Å². The van der Waals surface area contributed by atoms with Crippen LogP contribution in [0.25, 0.3) is 32.4 Å². The summed E-state index contributed by atoms with van der Waals surface area (Å²) < 4.78 is 0. The highest BCUT2D eigenvalue weighted by Gasteiger charge is 2.09. The molecule has 0 aliphatic heterocycles. The van der Waals surface area contributed by atoms with E-state index in [-0.39, 0.29) is 0 Å². The SMILES string of the molecule is CNc1nc(-c2ccc3ccccc3c2)nc2sccc12. The molecule has 4 heteroatoms. The summed E-state index contributed by atoms with van der Waals surface area (Å²) in [7, 11) is 1.89. The average molecular weight is 291 g/mol. The van der Waals surface area contributed by atoms with Crippen LogP contribution in [0.4, 0.5) is 5.82 Å². The lowest BCUT2D eigenvalue weighted by Gasteiger charge is -2.06. The standard InChI is InChI=1S/C17H13N3S/c1-18-16-14-8-9-21-17(14)20-15(19-16)13-7-6-11-4-2-3-5-12(11)10-13/h2-10H,1H3,(H,18,19,20). The highest BCUT2D eigenvalue weighted by Crippen LogP contribution is 2.29. The molecule has 4 rings (SSSR count). The van der Waals surface area contributed by atoms with E-state index in [0.717, 1.165) is 27.4 Å². The van der Waals surface area contributed by atoms with Crippen LogP contribution >= 0.6 is 11.3 Å². The van der Waals surface area contributed by atoms with Gasteiger partial charge in [-0.05, 0) is 28.3 Å². The summed E-state index contributed by atoms with van der Waals surface area (Å²) in [6.07, 6.45) is 0. The lowest BCUT2D eigenvalue weighted by molar-refractivity contribution is 1.23. The van der Waals surface area contributed by atoms with Crippen molar-refractivity contribution in [1.29, 1.82) is 0 Å². The Kier molecular flexibility index (Phi) is 2.82. The van der Waals surface area contributed by atoms with Gasteiger partial charge < -0.3 is 5.32 Å². The van der Waals surface area contributed by atoms with Crippen molar-refractivity contribution in [3.63, 3.8) is 0 Å². The number of fused-ring (bicyclic) bond motifs is 2. The van der Waals surface area contributed by atoms with Crippen LogP contribution in [-0.4, -0.2) is 17.0 Å². The largest absolute Gasteiger partial charge is 0.372 e. The van der Waals surface area contributed by atoms with Crippen molar-refractivity contribution in [3.05, 3.63) is 53.9 Å². The molecule has 0 aliphatic rings. The summed E-state index contributed by atoms with van der Waals surface area (Å²) in [5, 5.41) is 8.71. The molecular weight excluding hydrogens is 278 g/mol. The summed E-state index contributed by atoms with van der Waals surface area (Å²) in [6.45, 7) is 0. The highest BCUT2D eigenvalue weighted by atomic mass is 32.1. The molecule has 0 radical (unpaired) electrons. The molecule has 0 amide bonds. The first kappa shape index (κ1) is 12.3. The molecule has 102 valence electrons. The first-order valence-electron chi connectivity index (χ1n) is 6.77. The van der Waals surface area contributed by atoms with Gasteiger partial charge in [0.15, 0.2) is 5.82 Å². The number of anilines is 1. The fraction of sp³-hybridized carbons (Fsp3) is 0.0588. The van der Waals surface area contributed by atoms with E-state index in [9.17, 15) is 0 Å². The number of nitrogens with one attached hydrogen (secondary N) is 1. The molecule has 0 bridgehead atoms. The lowest BCUT2D eigenvalue weighted by Crippen LogP contribution is -1.97. The average Bonchev–Trinajstić information content (AvgIpc) is 3.02. The van der Waals surface area contributed by atoms with Gasteiger partial charge in [-0.1, -0.05) is 36.4 Å². The molecule has 2 aromatic carbocycles. The molecule has 0 saturated carbocycles. The Labute approximate surface area is 126 Å². The highest BCUT2D eigenvalue weighted by molar-refractivity contribution is 7.16. The molecule has 0 unspecified atom stereocenters. The number of thiophene rings is 1. The van der Waals surface area contributed by atoms with E-state index in [2.05, 4.69) is 63.8 Å². The van der Waals surface area contributed by atoms with Crippen molar-refractivity contribution in [2.24, 2.45) is 0 Å². The maximum Gasteiger partial charge on any atom is 0.163 e. The van der Waals surface area contributed by atoms with Crippen molar-refractivity contribution >= 4 is 38.1 Å². The number of hydrogen-bond donors (Lipinski definition) is 1. The molecular formula is C17H13N3S. The molecule has 0 saturated heterocycles. The molecule has 0 spiro atoms. The molecule has 2 heterocycles. The van der Waals surface area contributed by atoms with Crippen LogP contribution in [0, 0.1) is 0 Å². The molecule has 0 atom stereocenters. The van der Waals surface area contributed by atoms with Gasteiger partial charge in [0.2, 0.25) is 0 Å². The minimum Gasteiger partial charge on any atom is -0.372 e. The summed E-state index contributed by atoms with van der Waals surface area (Å²) in [6, 6.07) is 16.7. The Hall–Kier alpha value is -2.46. The predicted molar refractivity (Wildman–Crippen MR) is 89.9 cm³/mol. The summed E-state index contributed by atoms with van der Waals surface area (Å²) in [5.74, 6) is 1.64. The Morgan fingerprint density at radius 1 is 0.952 bits per heavy atom. The van der Waals surface area contributed by atoms with Crippen LogP contribution in [0.5, 0.6) is 0 Å². The van der Waals surface area contributed by atoms with E-state index in [0.29, 0.717) is 0 Å². The zero-order valence-electron chi connectivity index (χ0n) is 11.5. The van der Waals surface area contributed by atoms with Crippen LogP contribution in [-0.2, 0) is 0 Å². The molecule has 1 N–H and O–H groups in total. The van der Waals surface area contributed by atoms with E-state index in [4.69, 9.17) is 0 Å². The minimum atomic E-state index is 0.764. The van der Waals surface area contributed by atoms with Crippen LogP contribution < -0.4 is 5.32 Å². The molecule has 21 heavy (non-hydrogen) atoms. The van der Waals surface area contributed by atoms with Gasteiger partial charge in [-0.25, -0.2) is 9.97 Å². The molecule has 2 aromatic heterocycles. The maximum absolute atomic E-state index is 4.69. The van der Waals surface area contributed by atoms with E-state index in [1.165, 1.54) is 10.8 Å². The lowest BCUT2D eigenvalue weighted by atomic mass is 10.1. The number of rotatable bonds is 2.